The molecule has 1 amide bonds. The van der Waals surface area contributed by atoms with Gasteiger partial charge < -0.3 is 14.1 Å². The van der Waals surface area contributed by atoms with Gasteiger partial charge in [-0.3, -0.25) is 9.59 Å². The summed E-state index contributed by atoms with van der Waals surface area (Å²) in [6.07, 6.45) is 2.32. The summed E-state index contributed by atoms with van der Waals surface area (Å²) in [5.74, 6) is 0.907. The van der Waals surface area contributed by atoms with E-state index in [-0.39, 0.29) is 12.5 Å². The number of benzene rings is 2. The van der Waals surface area contributed by atoms with Crippen LogP contribution in [0.3, 0.4) is 0 Å². The highest BCUT2D eigenvalue weighted by Crippen LogP contribution is 2.26. The molecule has 0 fully saturated rings. The first-order chi connectivity index (χ1) is 11.7. The van der Waals surface area contributed by atoms with E-state index in [0.717, 1.165) is 17.1 Å². The largest absolute Gasteiger partial charge is 0.483 e. The van der Waals surface area contributed by atoms with Crippen LogP contribution in [0.5, 0.6) is 5.75 Å². The fourth-order valence-electron chi connectivity index (χ4n) is 2.50. The molecule has 0 aliphatic heterocycles. The van der Waals surface area contributed by atoms with E-state index in [1.807, 2.05) is 30.3 Å². The summed E-state index contributed by atoms with van der Waals surface area (Å²) in [6.45, 7) is 0.226. The Hall–Kier alpha value is -3.08. The number of furan rings is 1. The Labute approximate surface area is 139 Å². The van der Waals surface area contributed by atoms with Gasteiger partial charge in [-0.2, -0.15) is 0 Å². The van der Waals surface area contributed by atoms with E-state index in [2.05, 4.69) is 0 Å². The number of carbonyl (C=O) groups is 2. The number of nitrogens with zero attached hydrogens (tertiary/aromatic N) is 1. The van der Waals surface area contributed by atoms with Crippen molar-refractivity contribution in [3.63, 3.8) is 0 Å². The molecule has 0 saturated heterocycles. The highest BCUT2D eigenvalue weighted by molar-refractivity contribution is 6.00. The molecule has 3 rings (SSSR count). The van der Waals surface area contributed by atoms with Crippen LogP contribution in [0.4, 0.5) is 0 Å². The number of carbonyl (C=O) groups excluding carboxylic acids is 2. The van der Waals surface area contributed by atoms with E-state index in [4.69, 9.17) is 9.15 Å². The van der Waals surface area contributed by atoms with Crippen molar-refractivity contribution in [2.45, 2.75) is 6.54 Å². The average molecular weight is 323 g/mol. The predicted octanol–water partition coefficient (Wildman–Crippen LogP) is 3.28. The van der Waals surface area contributed by atoms with Gasteiger partial charge in [-0.1, -0.05) is 30.3 Å². The van der Waals surface area contributed by atoms with E-state index >= 15 is 0 Å². The molecular formula is C19H17NO4. The molecular weight excluding hydrogens is 306 g/mol. The Bertz CT molecular complexity index is 855. The smallest absolute Gasteiger partial charge is 0.260 e. The van der Waals surface area contributed by atoms with Crippen molar-refractivity contribution < 1.29 is 18.7 Å². The van der Waals surface area contributed by atoms with Gasteiger partial charge in [-0.25, -0.2) is 0 Å². The van der Waals surface area contributed by atoms with E-state index in [0.29, 0.717) is 23.6 Å². The zero-order valence-corrected chi connectivity index (χ0v) is 13.3. The molecule has 1 aromatic heterocycles. The lowest BCUT2D eigenvalue weighted by Crippen LogP contribution is -2.30. The third kappa shape index (κ3) is 3.30. The summed E-state index contributed by atoms with van der Waals surface area (Å²) in [6, 6.07) is 14.7. The second-order valence-electron chi connectivity index (χ2n) is 5.43. The van der Waals surface area contributed by atoms with Crippen LogP contribution in [0.15, 0.2) is 59.2 Å². The van der Waals surface area contributed by atoms with Gasteiger partial charge in [0.05, 0.1) is 18.4 Å². The maximum atomic E-state index is 12.2. The highest BCUT2D eigenvalue weighted by Gasteiger charge is 2.14. The lowest BCUT2D eigenvalue weighted by atomic mass is 10.0. The number of ether oxygens (including phenoxy) is 1. The molecule has 24 heavy (non-hydrogen) atoms. The van der Waals surface area contributed by atoms with Crippen molar-refractivity contribution in [2.75, 3.05) is 13.7 Å². The molecule has 5 heteroatoms. The number of fused-ring (bicyclic) bond motifs is 1. The summed E-state index contributed by atoms with van der Waals surface area (Å²) in [7, 11) is 1.68. The van der Waals surface area contributed by atoms with Crippen LogP contribution in [-0.4, -0.2) is 30.7 Å². The molecule has 0 aliphatic rings. The van der Waals surface area contributed by atoms with E-state index in [1.165, 1.54) is 4.90 Å². The number of rotatable bonds is 6. The Morgan fingerprint density at radius 3 is 2.75 bits per heavy atom. The number of likely N-dealkylation sites (N-methyl/N-ethyl adjacent to an activating group) is 1. The molecule has 1 heterocycles. The summed E-state index contributed by atoms with van der Waals surface area (Å²) in [5, 5.41) is 1.76. The standard InChI is InChI=1S/C19H17NO4/c1-20(11-15-6-4-10-23-15)19(22)13-24-18-9-8-14-5-2-3-7-16(14)17(18)12-21/h2-10,12H,11,13H2,1H3. The Morgan fingerprint density at radius 1 is 1.17 bits per heavy atom. The zero-order valence-electron chi connectivity index (χ0n) is 13.3. The second-order valence-corrected chi connectivity index (χ2v) is 5.43. The average Bonchev–Trinajstić information content (AvgIpc) is 3.11. The molecule has 122 valence electrons. The first kappa shape index (κ1) is 15.8. The molecule has 2 aromatic carbocycles. The fraction of sp³-hybridized carbons (Fsp3) is 0.158. The van der Waals surface area contributed by atoms with Crippen molar-refractivity contribution in [1.29, 1.82) is 0 Å². The first-order valence-electron chi connectivity index (χ1n) is 7.55. The quantitative estimate of drug-likeness (QED) is 0.653. The highest BCUT2D eigenvalue weighted by atomic mass is 16.5. The molecule has 0 saturated carbocycles. The zero-order chi connectivity index (χ0) is 16.9. The normalized spacial score (nSPS) is 10.5. The molecule has 0 bridgehead atoms. The molecule has 3 aromatic rings. The van der Waals surface area contributed by atoms with Gasteiger partial charge in [0.1, 0.15) is 11.5 Å². The number of hydrogen-bond acceptors (Lipinski definition) is 4. The van der Waals surface area contributed by atoms with E-state index in [9.17, 15) is 9.59 Å². The van der Waals surface area contributed by atoms with E-state index < -0.39 is 0 Å². The van der Waals surface area contributed by atoms with Crippen LogP contribution < -0.4 is 4.74 Å². The molecule has 0 aliphatic carbocycles. The van der Waals surface area contributed by atoms with Gasteiger partial charge in [-0.05, 0) is 29.0 Å². The Morgan fingerprint density at radius 2 is 2.00 bits per heavy atom. The maximum absolute atomic E-state index is 12.2. The van der Waals surface area contributed by atoms with E-state index in [1.54, 1.807) is 31.5 Å². The van der Waals surface area contributed by atoms with Gasteiger partial charge in [0.25, 0.3) is 5.91 Å². The van der Waals surface area contributed by atoms with Crippen LogP contribution in [0.2, 0.25) is 0 Å². The first-order valence-corrected chi connectivity index (χ1v) is 7.55. The summed E-state index contributed by atoms with van der Waals surface area (Å²) >= 11 is 0. The summed E-state index contributed by atoms with van der Waals surface area (Å²) < 4.78 is 10.8. The Balaban J connectivity index is 1.71. The molecule has 0 atom stereocenters. The van der Waals surface area contributed by atoms with Gasteiger partial charge >= 0.3 is 0 Å². The third-order valence-electron chi connectivity index (χ3n) is 3.80. The van der Waals surface area contributed by atoms with Crippen molar-refractivity contribution in [1.82, 2.24) is 4.90 Å². The maximum Gasteiger partial charge on any atom is 0.260 e. The van der Waals surface area contributed by atoms with Gasteiger partial charge in [0, 0.05) is 7.05 Å². The SMILES string of the molecule is CN(Cc1ccco1)C(=O)COc1ccc2ccccc2c1C=O. The molecule has 0 N–H and O–H groups in total. The van der Waals surface area contributed by atoms with Crippen molar-refractivity contribution in [2.24, 2.45) is 0 Å². The molecule has 5 nitrogen and oxygen atoms in total. The number of aldehydes is 1. The number of hydrogen-bond donors (Lipinski definition) is 0. The second kappa shape index (κ2) is 7.00. The van der Waals surface area contributed by atoms with Crippen LogP contribution >= 0.6 is 0 Å². The minimum atomic E-state index is -0.198. The molecule has 0 unspecified atom stereocenters. The molecule has 0 radical (unpaired) electrons. The van der Waals surface area contributed by atoms with Crippen molar-refractivity contribution >= 4 is 23.0 Å². The predicted molar refractivity (Wildman–Crippen MR) is 90.0 cm³/mol. The van der Waals surface area contributed by atoms with Gasteiger partial charge in [0.2, 0.25) is 0 Å². The van der Waals surface area contributed by atoms with Crippen LogP contribution in [0, 0.1) is 0 Å². The van der Waals surface area contributed by atoms with Crippen LogP contribution in [0.1, 0.15) is 16.1 Å². The lowest BCUT2D eigenvalue weighted by Gasteiger charge is -2.17. The summed E-state index contributed by atoms with van der Waals surface area (Å²) in [4.78, 5) is 25.1. The minimum Gasteiger partial charge on any atom is -0.483 e. The van der Waals surface area contributed by atoms with Crippen LogP contribution in [-0.2, 0) is 11.3 Å². The summed E-state index contributed by atoms with van der Waals surface area (Å²) in [5.41, 5.74) is 0.453. The molecule has 0 spiro atoms. The fourth-order valence-corrected chi connectivity index (χ4v) is 2.50. The van der Waals surface area contributed by atoms with Crippen molar-refractivity contribution in [3.8, 4) is 5.75 Å². The monoisotopic (exact) mass is 323 g/mol. The van der Waals surface area contributed by atoms with Crippen LogP contribution in [0.25, 0.3) is 10.8 Å². The lowest BCUT2D eigenvalue weighted by molar-refractivity contribution is -0.132. The Kier molecular flexibility index (Phi) is 4.61. The third-order valence-corrected chi connectivity index (χ3v) is 3.80. The minimum absolute atomic E-state index is 0.142. The number of amides is 1. The van der Waals surface area contributed by atoms with Crippen molar-refractivity contribution in [3.05, 3.63) is 66.1 Å². The van der Waals surface area contributed by atoms with Gasteiger partial charge in [0.15, 0.2) is 12.9 Å². The van der Waals surface area contributed by atoms with Gasteiger partial charge in [-0.15, -0.1) is 0 Å². The topological polar surface area (TPSA) is 59.8 Å².